The molecule has 0 unspecified atom stereocenters. The van der Waals surface area contributed by atoms with Gasteiger partial charge in [-0.25, -0.2) is 19.0 Å². The van der Waals surface area contributed by atoms with Crippen LogP contribution in [0.15, 0.2) is 42.7 Å². The highest BCUT2D eigenvalue weighted by Gasteiger charge is 2.38. The van der Waals surface area contributed by atoms with Gasteiger partial charge in [0.1, 0.15) is 5.75 Å². The standard InChI is InChI=1S/C21H24FN3O.2C2HF3O2/c22-18-10-16(13-23-12-15-4-2-1-3-5-15)6-9-21(18)26-17-7-8-19-20(11-17)25-14-24-19;2*3-2(4,5)1(6)7/h6-11,14-15,23H,1-5,12-13H2,(H,24,25);2*(H,6,7). The van der Waals surface area contributed by atoms with E-state index < -0.39 is 24.3 Å². The highest BCUT2D eigenvalue weighted by atomic mass is 19.4. The molecule has 0 saturated heterocycles. The number of aliphatic carboxylic acids is 2. The topological polar surface area (TPSA) is 125 Å². The largest absolute Gasteiger partial charge is 0.490 e. The van der Waals surface area contributed by atoms with Crippen LogP contribution in [0.1, 0.15) is 37.7 Å². The number of benzene rings is 2. The highest BCUT2D eigenvalue weighted by molar-refractivity contribution is 5.76. The summed E-state index contributed by atoms with van der Waals surface area (Å²) in [5.74, 6) is -4.26. The quantitative estimate of drug-likeness (QED) is 0.247. The van der Waals surface area contributed by atoms with Crippen molar-refractivity contribution in [2.45, 2.75) is 51.0 Å². The number of aromatic amines is 1. The van der Waals surface area contributed by atoms with Gasteiger partial charge in [-0.05, 0) is 55.1 Å². The molecular weight excluding hydrogens is 555 g/mol. The van der Waals surface area contributed by atoms with Crippen molar-refractivity contribution in [3.05, 3.63) is 54.1 Å². The number of rotatable bonds is 6. The van der Waals surface area contributed by atoms with E-state index in [9.17, 15) is 30.7 Å². The van der Waals surface area contributed by atoms with E-state index in [4.69, 9.17) is 24.5 Å². The predicted octanol–water partition coefficient (Wildman–Crippen LogP) is 6.43. The lowest BCUT2D eigenvalue weighted by Gasteiger charge is -2.21. The molecular formula is C25H26F7N3O5. The zero-order valence-electron chi connectivity index (χ0n) is 20.8. The van der Waals surface area contributed by atoms with Crippen LogP contribution >= 0.6 is 0 Å². The number of imidazole rings is 1. The van der Waals surface area contributed by atoms with Crippen molar-refractivity contribution in [1.82, 2.24) is 15.3 Å². The molecule has 3 aromatic rings. The molecule has 4 N–H and O–H groups in total. The van der Waals surface area contributed by atoms with Crippen LogP contribution in [-0.4, -0.2) is 51.0 Å². The van der Waals surface area contributed by atoms with E-state index in [1.54, 1.807) is 24.5 Å². The van der Waals surface area contributed by atoms with Gasteiger partial charge in [0, 0.05) is 12.6 Å². The number of nitrogens with one attached hydrogen (secondary N) is 2. The average molecular weight is 581 g/mol. The summed E-state index contributed by atoms with van der Waals surface area (Å²) in [6, 6.07) is 10.6. The van der Waals surface area contributed by atoms with Crippen molar-refractivity contribution in [3.8, 4) is 11.5 Å². The first kappa shape index (κ1) is 32.3. The maximum absolute atomic E-state index is 14.4. The molecule has 0 atom stereocenters. The maximum atomic E-state index is 14.4. The van der Waals surface area contributed by atoms with Crippen LogP contribution in [0.4, 0.5) is 30.7 Å². The van der Waals surface area contributed by atoms with Crippen LogP contribution in [0.5, 0.6) is 11.5 Å². The van der Waals surface area contributed by atoms with Crippen molar-refractivity contribution < 1.29 is 55.3 Å². The number of fused-ring (bicyclic) bond motifs is 1. The van der Waals surface area contributed by atoms with Gasteiger partial charge in [0.25, 0.3) is 0 Å². The Hall–Kier alpha value is -3.88. The van der Waals surface area contributed by atoms with Gasteiger partial charge in [-0.2, -0.15) is 26.3 Å². The molecule has 8 nitrogen and oxygen atoms in total. The second kappa shape index (κ2) is 14.5. The number of halogens is 7. The van der Waals surface area contributed by atoms with Gasteiger partial charge in [0.15, 0.2) is 11.6 Å². The number of nitrogens with zero attached hydrogens (tertiary/aromatic N) is 1. The lowest BCUT2D eigenvalue weighted by Crippen LogP contribution is -2.24. The molecule has 0 amide bonds. The number of hydrogen-bond donors (Lipinski definition) is 4. The maximum Gasteiger partial charge on any atom is 0.490 e. The summed E-state index contributed by atoms with van der Waals surface area (Å²) in [6.07, 6.45) is -1.85. The SMILES string of the molecule is Fc1cc(CNCC2CCCCC2)ccc1Oc1ccc2nc[nH]c2c1.O=C(O)C(F)(F)F.O=C(O)C(F)(F)F. The van der Waals surface area contributed by atoms with Crippen molar-refractivity contribution in [3.63, 3.8) is 0 Å². The molecule has 1 aliphatic rings. The molecule has 220 valence electrons. The fraction of sp³-hybridized carbons (Fsp3) is 0.400. The number of carboxylic acids is 2. The van der Waals surface area contributed by atoms with Gasteiger partial charge < -0.3 is 25.3 Å². The van der Waals surface area contributed by atoms with Crippen molar-refractivity contribution >= 4 is 23.0 Å². The van der Waals surface area contributed by atoms with Gasteiger partial charge in [-0.3, -0.25) is 0 Å². The molecule has 1 aromatic heterocycles. The summed E-state index contributed by atoms with van der Waals surface area (Å²) >= 11 is 0. The molecule has 1 heterocycles. The number of hydrogen-bond acceptors (Lipinski definition) is 5. The molecule has 0 bridgehead atoms. The summed E-state index contributed by atoms with van der Waals surface area (Å²) in [5, 5.41) is 17.7. The Labute approximate surface area is 223 Å². The van der Waals surface area contributed by atoms with Crippen molar-refractivity contribution in [2.24, 2.45) is 5.92 Å². The third-order valence-corrected chi connectivity index (χ3v) is 5.59. The molecule has 4 rings (SSSR count). The fourth-order valence-corrected chi connectivity index (χ4v) is 3.65. The summed E-state index contributed by atoms with van der Waals surface area (Å²) in [5.41, 5.74) is 2.67. The number of carbonyl (C=O) groups is 2. The van der Waals surface area contributed by atoms with Crippen molar-refractivity contribution in [1.29, 1.82) is 0 Å². The van der Waals surface area contributed by atoms with Gasteiger partial charge in [0.2, 0.25) is 0 Å². The Morgan fingerprint density at radius 2 is 1.55 bits per heavy atom. The van der Waals surface area contributed by atoms with Gasteiger partial charge in [-0.15, -0.1) is 0 Å². The minimum absolute atomic E-state index is 0.236. The van der Waals surface area contributed by atoms with E-state index in [1.165, 1.54) is 32.1 Å². The molecule has 0 spiro atoms. The monoisotopic (exact) mass is 581 g/mol. The third-order valence-electron chi connectivity index (χ3n) is 5.59. The van der Waals surface area contributed by atoms with E-state index >= 15 is 0 Å². The zero-order chi connectivity index (χ0) is 29.9. The number of alkyl halides is 6. The summed E-state index contributed by atoms with van der Waals surface area (Å²) < 4.78 is 83.6. The first-order valence-electron chi connectivity index (χ1n) is 11.9. The number of ether oxygens (including phenoxy) is 1. The molecule has 2 aromatic carbocycles. The van der Waals surface area contributed by atoms with Crippen LogP contribution in [-0.2, 0) is 16.1 Å². The minimum atomic E-state index is -5.08. The second-order valence-corrected chi connectivity index (χ2v) is 8.69. The molecule has 15 heteroatoms. The lowest BCUT2D eigenvalue weighted by molar-refractivity contribution is -0.193. The van der Waals surface area contributed by atoms with Crippen molar-refractivity contribution in [2.75, 3.05) is 6.54 Å². The van der Waals surface area contributed by atoms with E-state index in [2.05, 4.69) is 15.3 Å². The van der Waals surface area contributed by atoms with Gasteiger partial charge in [0.05, 0.1) is 17.4 Å². The summed E-state index contributed by atoms with van der Waals surface area (Å²) in [7, 11) is 0. The Morgan fingerprint density at radius 3 is 2.10 bits per heavy atom. The zero-order valence-corrected chi connectivity index (χ0v) is 20.8. The minimum Gasteiger partial charge on any atom is -0.475 e. The Balaban J connectivity index is 0.000000333. The van der Waals surface area contributed by atoms with Gasteiger partial charge in [-0.1, -0.05) is 25.3 Å². The molecule has 1 fully saturated rings. The highest BCUT2D eigenvalue weighted by Crippen LogP contribution is 2.27. The molecule has 1 aliphatic carbocycles. The van der Waals surface area contributed by atoms with Crippen LogP contribution in [0.25, 0.3) is 11.0 Å². The van der Waals surface area contributed by atoms with Crippen LogP contribution in [0.3, 0.4) is 0 Å². The van der Waals surface area contributed by atoms with E-state index in [-0.39, 0.29) is 11.6 Å². The van der Waals surface area contributed by atoms with E-state index in [0.717, 1.165) is 29.1 Å². The van der Waals surface area contributed by atoms with Crippen LogP contribution in [0, 0.1) is 11.7 Å². The van der Waals surface area contributed by atoms with E-state index in [1.807, 2.05) is 18.2 Å². The smallest absolute Gasteiger partial charge is 0.475 e. The Bertz CT molecular complexity index is 1230. The predicted molar refractivity (Wildman–Crippen MR) is 128 cm³/mol. The first-order valence-corrected chi connectivity index (χ1v) is 11.9. The Morgan fingerprint density at radius 1 is 0.950 bits per heavy atom. The first-order chi connectivity index (χ1) is 18.7. The number of aromatic nitrogens is 2. The second-order valence-electron chi connectivity index (χ2n) is 8.69. The fourth-order valence-electron chi connectivity index (χ4n) is 3.65. The number of carboxylic acid groups (broad SMARTS) is 2. The summed E-state index contributed by atoms with van der Waals surface area (Å²) in [6.45, 7) is 1.71. The molecule has 0 aliphatic heterocycles. The average Bonchev–Trinajstić information content (AvgIpc) is 3.34. The van der Waals surface area contributed by atoms with Crippen LogP contribution in [0.2, 0.25) is 0 Å². The van der Waals surface area contributed by atoms with Gasteiger partial charge >= 0.3 is 24.3 Å². The normalized spacial score (nSPS) is 14.0. The van der Waals surface area contributed by atoms with E-state index in [0.29, 0.717) is 12.3 Å². The molecule has 0 radical (unpaired) electrons. The lowest BCUT2D eigenvalue weighted by atomic mass is 9.89. The number of H-pyrrole nitrogens is 1. The van der Waals surface area contributed by atoms with Crippen LogP contribution < -0.4 is 10.1 Å². The molecule has 1 saturated carbocycles. The molecule has 40 heavy (non-hydrogen) atoms. The Kier molecular flexibility index (Phi) is 11.7. The summed E-state index contributed by atoms with van der Waals surface area (Å²) in [4.78, 5) is 25.0. The third kappa shape index (κ3) is 11.1.